The van der Waals surface area contributed by atoms with Gasteiger partial charge in [0.2, 0.25) is 5.91 Å². The van der Waals surface area contributed by atoms with Crippen LogP contribution in [0.1, 0.15) is 5.56 Å². The molecular formula is C19H19N5O3. The number of amides is 1. The van der Waals surface area contributed by atoms with E-state index in [9.17, 15) is 14.9 Å². The first kappa shape index (κ1) is 18.2. The number of hydrogen-bond acceptors (Lipinski definition) is 6. The summed E-state index contributed by atoms with van der Waals surface area (Å²) in [6, 6.07) is 16.0. The highest BCUT2D eigenvalue weighted by Crippen LogP contribution is 2.25. The Morgan fingerprint density at radius 1 is 1.15 bits per heavy atom. The maximum Gasteiger partial charge on any atom is 0.293 e. The molecule has 1 amide bonds. The van der Waals surface area contributed by atoms with Crippen molar-refractivity contribution in [3.63, 3.8) is 0 Å². The van der Waals surface area contributed by atoms with E-state index in [0.717, 1.165) is 18.8 Å². The third kappa shape index (κ3) is 4.33. The van der Waals surface area contributed by atoms with Gasteiger partial charge in [-0.2, -0.15) is 5.26 Å². The van der Waals surface area contributed by atoms with Gasteiger partial charge in [0.15, 0.2) is 0 Å². The summed E-state index contributed by atoms with van der Waals surface area (Å²) >= 11 is 0. The molecule has 1 aliphatic rings. The third-order valence-corrected chi connectivity index (χ3v) is 4.51. The Kier molecular flexibility index (Phi) is 5.52. The third-order valence-electron chi connectivity index (χ3n) is 4.51. The van der Waals surface area contributed by atoms with Crippen molar-refractivity contribution in [2.45, 2.75) is 0 Å². The number of benzene rings is 2. The summed E-state index contributed by atoms with van der Waals surface area (Å²) in [6.07, 6.45) is 0. The number of carbonyl (C=O) groups is 1. The molecule has 0 spiro atoms. The molecule has 2 aromatic carbocycles. The lowest BCUT2D eigenvalue weighted by atomic mass is 10.2. The van der Waals surface area contributed by atoms with Gasteiger partial charge in [-0.3, -0.25) is 14.9 Å². The summed E-state index contributed by atoms with van der Waals surface area (Å²) in [5.41, 5.74) is 1.36. The van der Waals surface area contributed by atoms with Crippen LogP contribution >= 0.6 is 0 Å². The highest BCUT2D eigenvalue weighted by Gasteiger charge is 2.22. The van der Waals surface area contributed by atoms with Gasteiger partial charge in [-0.05, 0) is 24.3 Å². The minimum Gasteiger partial charge on any atom is -0.371 e. The van der Waals surface area contributed by atoms with Crippen molar-refractivity contribution < 1.29 is 9.72 Å². The van der Waals surface area contributed by atoms with E-state index in [4.69, 9.17) is 5.26 Å². The second-order valence-electron chi connectivity index (χ2n) is 6.16. The Hall–Kier alpha value is -3.60. The molecule has 0 saturated carbocycles. The number of nitro benzene ring substituents is 1. The number of nitrogens with one attached hydrogen (secondary N) is 1. The molecular weight excluding hydrogens is 346 g/mol. The smallest absolute Gasteiger partial charge is 0.293 e. The van der Waals surface area contributed by atoms with E-state index in [1.165, 1.54) is 18.2 Å². The Morgan fingerprint density at radius 2 is 1.85 bits per heavy atom. The molecule has 1 heterocycles. The summed E-state index contributed by atoms with van der Waals surface area (Å²) in [5.74, 6) is -0.110. The van der Waals surface area contributed by atoms with Gasteiger partial charge in [-0.1, -0.05) is 18.2 Å². The fraction of sp³-hybridized carbons (Fsp3) is 0.263. The lowest BCUT2D eigenvalue weighted by molar-refractivity contribution is -0.384. The molecule has 8 heteroatoms. The number of carbonyl (C=O) groups excluding carboxylic acids is 1. The normalized spacial score (nSPS) is 13.7. The van der Waals surface area contributed by atoms with Crippen molar-refractivity contribution in [1.29, 1.82) is 5.26 Å². The number of nitrogens with zero attached hydrogens (tertiary/aromatic N) is 4. The second kappa shape index (κ2) is 8.19. The summed E-state index contributed by atoms with van der Waals surface area (Å²) in [6.45, 7) is 2.66. The monoisotopic (exact) mass is 365 g/mol. The zero-order valence-corrected chi connectivity index (χ0v) is 14.7. The lowest BCUT2D eigenvalue weighted by Crippen LogP contribution is -2.50. The van der Waals surface area contributed by atoms with E-state index in [1.54, 1.807) is 4.90 Å². The van der Waals surface area contributed by atoms with Gasteiger partial charge in [0.05, 0.1) is 23.1 Å². The number of para-hydroxylation sites is 1. The van der Waals surface area contributed by atoms with Crippen LogP contribution in [0.3, 0.4) is 0 Å². The number of piperazine rings is 1. The molecule has 1 fully saturated rings. The molecule has 2 aromatic rings. The average Bonchev–Trinajstić information content (AvgIpc) is 2.72. The molecule has 8 nitrogen and oxygen atoms in total. The predicted octanol–water partition coefficient (Wildman–Crippen LogP) is 2.23. The number of nitro groups is 1. The van der Waals surface area contributed by atoms with Gasteiger partial charge in [-0.25, -0.2) is 0 Å². The molecule has 0 radical (unpaired) electrons. The molecule has 0 aromatic heterocycles. The second-order valence-corrected chi connectivity index (χ2v) is 6.16. The largest absolute Gasteiger partial charge is 0.371 e. The van der Waals surface area contributed by atoms with Crippen LogP contribution in [0.4, 0.5) is 17.1 Å². The molecule has 3 rings (SSSR count). The Balaban J connectivity index is 1.56. The zero-order chi connectivity index (χ0) is 19.2. The predicted molar refractivity (Wildman–Crippen MR) is 102 cm³/mol. The number of anilines is 2. The number of rotatable bonds is 5. The first-order chi connectivity index (χ1) is 13.1. The van der Waals surface area contributed by atoms with Crippen molar-refractivity contribution in [3.05, 3.63) is 64.2 Å². The van der Waals surface area contributed by atoms with Gasteiger partial charge in [0.1, 0.15) is 5.69 Å². The Morgan fingerprint density at radius 3 is 2.48 bits per heavy atom. The fourth-order valence-corrected chi connectivity index (χ4v) is 3.04. The van der Waals surface area contributed by atoms with Crippen LogP contribution < -0.4 is 10.2 Å². The number of hydrogen-bond donors (Lipinski definition) is 1. The molecule has 1 aliphatic heterocycles. The summed E-state index contributed by atoms with van der Waals surface area (Å²) in [4.78, 5) is 27.0. The SMILES string of the molecule is N#Cc1ccc(NCC(=O)N2CCN(c3ccccc3)CC2)c([N+](=O)[O-])c1. The quantitative estimate of drug-likeness (QED) is 0.644. The topological polar surface area (TPSA) is 103 Å². The maximum atomic E-state index is 12.4. The molecule has 0 atom stereocenters. The molecule has 138 valence electrons. The van der Waals surface area contributed by atoms with Crippen molar-refractivity contribution in [3.8, 4) is 6.07 Å². The summed E-state index contributed by atoms with van der Waals surface area (Å²) < 4.78 is 0. The average molecular weight is 365 g/mol. The van der Waals surface area contributed by atoms with Crippen molar-refractivity contribution in [2.75, 3.05) is 42.9 Å². The van der Waals surface area contributed by atoms with E-state index >= 15 is 0 Å². The molecule has 0 bridgehead atoms. The molecule has 27 heavy (non-hydrogen) atoms. The summed E-state index contributed by atoms with van der Waals surface area (Å²) in [7, 11) is 0. The molecule has 0 aliphatic carbocycles. The van der Waals surface area contributed by atoms with Crippen LogP contribution in [0.25, 0.3) is 0 Å². The van der Waals surface area contributed by atoms with Crippen molar-refractivity contribution in [1.82, 2.24) is 4.90 Å². The van der Waals surface area contributed by atoms with Gasteiger partial charge in [-0.15, -0.1) is 0 Å². The van der Waals surface area contributed by atoms with E-state index < -0.39 is 4.92 Å². The first-order valence-electron chi connectivity index (χ1n) is 8.58. The van der Waals surface area contributed by atoms with Crippen LogP contribution in [0.5, 0.6) is 0 Å². The number of nitriles is 1. The highest BCUT2D eigenvalue weighted by atomic mass is 16.6. The van der Waals surface area contributed by atoms with Crippen LogP contribution in [0, 0.1) is 21.4 Å². The van der Waals surface area contributed by atoms with Crippen LogP contribution in [-0.2, 0) is 4.79 Å². The van der Waals surface area contributed by atoms with Crippen molar-refractivity contribution >= 4 is 23.0 Å². The zero-order valence-electron chi connectivity index (χ0n) is 14.7. The minimum atomic E-state index is -0.563. The lowest BCUT2D eigenvalue weighted by Gasteiger charge is -2.36. The van der Waals surface area contributed by atoms with Gasteiger partial charge < -0.3 is 15.1 Å². The van der Waals surface area contributed by atoms with E-state index in [-0.39, 0.29) is 29.4 Å². The van der Waals surface area contributed by atoms with Gasteiger partial charge >= 0.3 is 0 Å². The fourth-order valence-electron chi connectivity index (χ4n) is 3.04. The molecule has 0 unspecified atom stereocenters. The Bertz CT molecular complexity index is 871. The van der Waals surface area contributed by atoms with Crippen LogP contribution in [-0.4, -0.2) is 48.5 Å². The highest BCUT2D eigenvalue weighted by molar-refractivity contribution is 5.82. The van der Waals surface area contributed by atoms with Crippen LogP contribution in [0.15, 0.2) is 48.5 Å². The van der Waals surface area contributed by atoms with Gasteiger partial charge in [0.25, 0.3) is 5.69 Å². The van der Waals surface area contributed by atoms with Crippen LogP contribution in [0.2, 0.25) is 0 Å². The van der Waals surface area contributed by atoms with E-state index in [2.05, 4.69) is 10.2 Å². The van der Waals surface area contributed by atoms with Gasteiger partial charge in [0, 0.05) is 37.9 Å². The maximum absolute atomic E-state index is 12.4. The van der Waals surface area contributed by atoms with E-state index in [0.29, 0.717) is 13.1 Å². The molecule has 1 N–H and O–H groups in total. The summed E-state index contributed by atoms with van der Waals surface area (Å²) in [5, 5.41) is 22.9. The molecule has 1 saturated heterocycles. The van der Waals surface area contributed by atoms with E-state index in [1.807, 2.05) is 36.4 Å². The standard InChI is InChI=1S/C19H19N5O3/c20-13-15-6-7-17(18(12-15)24(26)27)21-14-19(25)23-10-8-22(9-11-23)16-4-2-1-3-5-16/h1-7,12,21H,8-11,14H2. The first-order valence-corrected chi connectivity index (χ1v) is 8.58. The Labute approximate surface area is 156 Å². The minimum absolute atomic E-state index is 0.0297. The van der Waals surface area contributed by atoms with Crippen molar-refractivity contribution in [2.24, 2.45) is 0 Å².